The molecule has 32 heavy (non-hydrogen) atoms. The lowest BCUT2D eigenvalue weighted by atomic mass is 9.95. The van der Waals surface area contributed by atoms with Gasteiger partial charge in [0.2, 0.25) is 5.78 Å². The fourth-order valence-corrected chi connectivity index (χ4v) is 5.95. The molecule has 1 atom stereocenters. The number of rotatable bonds is 4. The average Bonchev–Trinajstić information content (AvgIpc) is 3.48. The molecular weight excluding hydrogens is 440 g/mol. The third-order valence-corrected chi connectivity index (χ3v) is 7.49. The first-order chi connectivity index (χ1) is 15.3. The van der Waals surface area contributed by atoms with Crippen molar-refractivity contribution in [1.82, 2.24) is 4.98 Å². The van der Waals surface area contributed by atoms with E-state index in [1.54, 1.807) is 17.5 Å². The van der Waals surface area contributed by atoms with E-state index in [2.05, 4.69) is 6.07 Å². The molecule has 1 aliphatic heterocycles. The minimum Gasteiger partial charge on any atom is -0.503 e. The summed E-state index contributed by atoms with van der Waals surface area (Å²) in [4.78, 5) is 33.4. The van der Waals surface area contributed by atoms with Crippen molar-refractivity contribution in [2.75, 3.05) is 4.90 Å². The standard InChI is InChI=1S/C25H20N2O3S2/c1-13-6-8-16(9-7-13)21-19(22(28)17-5-4-10-31-17)23(29)24(30)27(21)25-26-20-15(3)11-14(2)12-18(20)32-25/h4-12,21,29H,1-3H3. The molecule has 2 aromatic heterocycles. The van der Waals surface area contributed by atoms with Gasteiger partial charge in [-0.2, -0.15) is 0 Å². The smallest absolute Gasteiger partial charge is 0.296 e. The van der Waals surface area contributed by atoms with Crippen LogP contribution in [0.4, 0.5) is 5.13 Å². The normalized spacial score (nSPS) is 16.4. The SMILES string of the molecule is Cc1ccc(C2C(C(=O)c3cccs3)=C(O)C(=O)N2c2nc3c(C)cc(C)cc3s2)cc1. The number of aryl methyl sites for hydroxylation is 3. The van der Waals surface area contributed by atoms with Gasteiger partial charge >= 0.3 is 0 Å². The van der Waals surface area contributed by atoms with Crippen molar-refractivity contribution in [3.8, 4) is 0 Å². The molecule has 160 valence electrons. The number of thiophene rings is 1. The molecule has 0 bridgehead atoms. The summed E-state index contributed by atoms with van der Waals surface area (Å²) in [5.41, 5.74) is 4.86. The molecule has 0 saturated heterocycles. The van der Waals surface area contributed by atoms with Gasteiger partial charge in [0.05, 0.1) is 26.7 Å². The van der Waals surface area contributed by atoms with Crippen LogP contribution in [0.5, 0.6) is 0 Å². The molecule has 2 aromatic carbocycles. The van der Waals surface area contributed by atoms with Crippen LogP contribution in [0.1, 0.15) is 38.0 Å². The number of aromatic nitrogens is 1. The molecule has 0 fully saturated rings. The molecule has 7 heteroatoms. The molecule has 3 heterocycles. The number of hydrogen-bond acceptors (Lipinski definition) is 6. The number of fused-ring (bicyclic) bond motifs is 1. The first-order valence-electron chi connectivity index (χ1n) is 10.1. The van der Waals surface area contributed by atoms with Crippen molar-refractivity contribution < 1.29 is 14.7 Å². The second-order valence-electron chi connectivity index (χ2n) is 7.98. The maximum atomic E-state index is 13.4. The number of aliphatic hydroxyl groups excluding tert-OH is 1. The Morgan fingerprint density at radius 3 is 2.50 bits per heavy atom. The Hall–Kier alpha value is -3.29. The fourth-order valence-electron chi connectivity index (χ4n) is 4.10. The molecule has 1 N–H and O–H groups in total. The summed E-state index contributed by atoms with van der Waals surface area (Å²) in [7, 11) is 0. The summed E-state index contributed by atoms with van der Waals surface area (Å²) in [5, 5.41) is 13.1. The maximum absolute atomic E-state index is 13.4. The summed E-state index contributed by atoms with van der Waals surface area (Å²) in [6.07, 6.45) is 0. The van der Waals surface area contributed by atoms with Gasteiger partial charge in [0, 0.05) is 0 Å². The number of carbonyl (C=O) groups excluding carboxylic acids is 2. The summed E-state index contributed by atoms with van der Waals surface area (Å²) >= 11 is 2.68. The van der Waals surface area contributed by atoms with Gasteiger partial charge in [0.15, 0.2) is 10.9 Å². The van der Waals surface area contributed by atoms with Crippen LogP contribution in [0.25, 0.3) is 10.2 Å². The van der Waals surface area contributed by atoms with Crippen LogP contribution in [0, 0.1) is 20.8 Å². The number of hydrogen-bond donors (Lipinski definition) is 1. The number of carbonyl (C=O) groups is 2. The molecule has 5 nitrogen and oxygen atoms in total. The van der Waals surface area contributed by atoms with Gasteiger partial charge in [-0.25, -0.2) is 4.98 Å². The summed E-state index contributed by atoms with van der Waals surface area (Å²) < 4.78 is 0.963. The summed E-state index contributed by atoms with van der Waals surface area (Å²) in [6, 6.07) is 14.5. The van der Waals surface area contributed by atoms with E-state index in [1.807, 2.05) is 51.1 Å². The van der Waals surface area contributed by atoms with Crippen LogP contribution in [-0.2, 0) is 4.79 Å². The third kappa shape index (κ3) is 3.25. The number of amides is 1. The molecule has 1 aliphatic rings. The Morgan fingerprint density at radius 1 is 1.06 bits per heavy atom. The van der Waals surface area contributed by atoms with Gasteiger partial charge in [0.1, 0.15) is 0 Å². The Labute approximate surface area is 193 Å². The van der Waals surface area contributed by atoms with E-state index in [1.165, 1.54) is 27.6 Å². The topological polar surface area (TPSA) is 70.5 Å². The summed E-state index contributed by atoms with van der Waals surface area (Å²) in [6.45, 7) is 5.99. The highest BCUT2D eigenvalue weighted by molar-refractivity contribution is 7.22. The van der Waals surface area contributed by atoms with E-state index in [4.69, 9.17) is 4.98 Å². The van der Waals surface area contributed by atoms with Crippen molar-refractivity contribution in [1.29, 1.82) is 0 Å². The lowest BCUT2D eigenvalue weighted by Gasteiger charge is -2.24. The predicted molar refractivity (Wildman–Crippen MR) is 129 cm³/mol. The van der Waals surface area contributed by atoms with Crippen molar-refractivity contribution >= 4 is 49.7 Å². The molecule has 0 spiro atoms. The second-order valence-corrected chi connectivity index (χ2v) is 9.94. The Bertz CT molecular complexity index is 1400. The van der Waals surface area contributed by atoms with E-state index in [0.29, 0.717) is 10.0 Å². The van der Waals surface area contributed by atoms with Gasteiger partial charge in [-0.05, 0) is 55.0 Å². The number of anilines is 1. The van der Waals surface area contributed by atoms with Gasteiger partial charge in [-0.15, -0.1) is 11.3 Å². The molecule has 4 aromatic rings. The van der Waals surface area contributed by atoms with Crippen molar-refractivity contribution in [3.05, 3.63) is 92.4 Å². The number of aliphatic hydroxyl groups is 1. The van der Waals surface area contributed by atoms with Gasteiger partial charge in [-0.3, -0.25) is 14.5 Å². The van der Waals surface area contributed by atoms with E-state index >= 15 is 0 Å². The van der Waals surface area contributed by atoms with Crippen LogP contribution in [0.2, 0.25) is 0 Å². The minimum absolute atomic E-state index is 0.0912. The first-order valence-corrected chi connectivity index (χ1v) is 11.8. The average molecular weight is 461 g/mol. The number of benzene rings is 2. The molecule has 0 aliphatic carbocycles. The van der Waals surface area contributed by atoms with Crippen molar-refractivity contribution in [2.24, 2.45) is 0 Å². The van der Waals surface area contributed by atoms with E-state index in [-0.39, 0.29) is 11.4 Å². The molecule has 0 radical (unpaired) electrons. The van der Waals surface area contributed by atoms with Crippen LogP contribution in [0.3, 0.4) is 0 Å². The zero-order valence-corrected chi connectivity index (χ0v) is 19.4. The Kier molecular flexibility index (Phi) is 4.95. The Morgan fingerprint density at radius 2 is 1.81 bits per heavy atom. The highest BCUT2D eigenvalue weighted by Gasteiger charge is 2.46. The fraction of sp³-hybridized carbons (Fsp3) is 0.160. The van der Waals surface area contributed by atoms with Crippen molar-refractivity contribution in [2.45, 2.75) is 26.8 Å². The summed E-state index contributed by atoms with van der Waals surface area (Å²) in [5.74, 6) is -1.46. The zero-order chi connectivity index (χ0) is 22.6. The van der Waals surface area contributed by atoms with E-state index in [0.717, 1.165) is 32.5 Å². The lowest BCUT2D eigenvalue weighted by molar-refractivity contribution is -0.117. The number of thiazole rings is 1. The first kappa shape index (κ1) is 20.6. The highest BCUT2D eigenvalue weighted by Crippen LogP contribution is 2.44. The predicted octanol–water partition coefficient (Wildman–Crippen LogP) is 6.07. The third-order valence-electron chi connectivity index (χ3n) is 5.62. The van der Waals surface area contributed by atoms with Crippen LogP contribution in [-0.4, -0.2) is 21.8 Å². The lowest BCUT2D eigenvalue weighted by Crippen LogP contribution is -2.30. The highest BCUT2D eigenvalue weighted by atomic mass is 32.1. The largest absolute Gasteiger partial charge is 0.503 e. The number of Topliss-reactive ketones (excluding diaryl/α,β-unsaturated/α-hetero) is 1. The van der Waals surface area contributed by atoms with Crippen LogP contribution >= 0.6 is 22.7 Å². The maximum Gasteiger partial charge on any atom is 0.296 e. The monoisotopic (exact) mass is 460 g/mol. The van der Waals surface area contributed by atoms with Gasteiger partial charge in [0.25, 0.3) is 5.91 Å². The van der Waals surface area contributed by atoms with E-state index < -0.39 is 17.7 Å². The Balaban J connectivity index is 1.70. The van der Waals surface area contributed by atoms with E-state index in [9.17, 15) is 14.7 Å². The van der Waals surface area contributed by atoms with Crippen LogP contribution < -0.4 is 4.90 Å². The number of ketones is 1. The number of nitrogens with zero attached hydrogens (tertiary/aromatic N) is 2. The minimum atomic E-state index is -0.750. The van der Waals surface area contributed by atoms with Crippen molar-refractivity contribution in [3.63, 3.8) is 0 Å². The van der Waals surface area contributed by atoms with Crippen LogP contribution in [0.15, 0.2) is 65.2 Å². The zero-order valence-electron chi connectivity index (χ0n) is 17.7. The molecular formula is C25H20N2O3S2. The molecule has 5 rings (SSSR count). The van der Waals surface area contributed by atoms with Gasteiger partial charge < -0.3 is 5.11 Å². The quantitative estimate of drug-likeness (QED) is 0.376. The molecule has 0 saturated carbocycles. The molecule has 1 amide bonds. The second kappa shape index (κ2) is 7.69. The van der Waals surface area contributed by atoms with Gasteiger partial charge in [-0.1, -0.05) is 53.3 Å². The molecule has 1 unspecified atom stereocenters.